The van der Waals surface area contributed by atoms with Gasteiger partial charge in [-0.2, -0.15) is 0 Å². The van der Waals surface area contributed by atoms with Crippen molar-refractivity contribution in [2.45, 2.75) is 37.6 Å². The highest BCUT2D eigenvalue weighted by molar-refractivity contribution is 7.99. The Kier molecular flexibility index (Phi) is 6.95. The number of nitrogens with zero attached hydrogens (tertiary/aromatic N) is 1. The molecule has 0 fully saturated rings. The molecule has 0 unspecified atom stereocenters. The van der Waals surface area contributed by atoms with Crippen LogP contribution in [0, 0.1) is 0 Å². The van der Waals surface area contributed by atoms with Crippen LogP contribution < -0.4 is 5.73 Å². The Labute approximate surface area is 179 Å². The molecule has 1 amide bonds. The minimum absolute atomic E-state index is 0.0886. The molecule has 3 rings (SSSR count). The number of primary amides is 1. The van der Waals surface area contributed by atoms with Gasteiger partial charge < -0.3 is 15.4 Å². The number of Topliss-reactive ketones (excluding diaryl/α,β-unsaturated/α-hetero) is 1. The van der Waals surface area contributed by atoms with Crippen molar-refractivity contribution in [3.8, 4) is 0 Å². The zero-order valence-corrected chi connectivity index (χ0v) is 17.6. The molecule has 156 valence electrons. The van der Waals surface area contributed by atoms with Crippen molar-refractivity contribution in [1.82, 2.24) is 4.57 Å². The van der Waals surface area contributed by atoms with Crippen molar-refractivity contribution < 1.29 is 19.5 Å². The summed E-state index contributed by atoms with van der Waals surface area (Å²) in [4.78, 5) is 36.3. The third-order valence-electron chi connectivity index (χ3n) is 4.92. The molecule has 2 aromatic carbocycles. The highest BCUT2D eigenvalue weighted by Gasteiger charge is 2.26. The van der Waals surface area contributed by atoms with E-state index in [2.05, 4.69) is 4.57 Å². The predicted octanol–water partition coefficient (Wildman–Crippen LogP) is 3.88. The molecule has 3 aromatic rings. The van der Waals surface area contributed by atoms with Gasteiger partial charge in [0.05, 0.1) is 11.1 Å². The van der Waals surface area contributed by atoms with Gasteiger partial charge in [0, 0.05) is 28.9 Å². The molecule has 0 radical (unpaired) electrons. The number of rotatable bonds is 10. The van der Waals surface area contributed by atoms with E-state index in [0.717, 1.165) is 27.1 Å². The summed E-state index contributed by atoms with van der Waals surface area (Å²) < 4.78 is 2.07. The van der Waals surface area contributed by atoms with Gasteiger partial charge in [0.2, 0.25) is 0 Å². The second-order valence-corrected chi connectivity index (χ2v) is 8.07. The first kappa shape index (κ1) is 21.6. The Bertz CT molecular complexity index is 1090. The molecule has 0 aliphatic rings. The minimum Gasteiger partial charge on any atom is -0.481 e. The molecule has 1 heterocycles. The third-order valence-corrected chi connectivity index (χ3v) is 6.07. The number of aliphatic carboxylic acids is 1. The molecule has 0 bridgehead atoms. The van der Waals surface area contributed by atoms with Crippen molar-refractivity contribution in [3.05, 3.63) is 65.4 Å². The number of carboxylic acids is 1. The first-order chi connectivity index (χ1) is 14.4. The van der Waals surface area contributed by atoms with E-state index in [1.54, 1.807) is 0 Å². The van der Waals surface area contributed by atoms with Gasteiger partial charge in [0.25, 0.3) is 11.7 Å². The summed E-state index contributed by atoms with van der Waals surface area (Å²) in [6.07, 6.45) is 1.17. The lowest BCUT2D eigenvalue weighted by atomic mass is 10.0. The highest BCUT2D eigenvalue weighted by atomic mass is 32.2. The van der Waals surface area contributed by atoms with Gasteiger partial charge in [-0.1, -0.05) is 43.3 Å². The van der Waals surface area contributed by atoms with Gasteiger partial charge >= 0.3 is 5.97 Å². The van der Waals surface area contributed by atoms with E-state index in [1.165, 1.54) is 11.8 Å². The van der Waals surface area contributed by atoms with E-state index in [4.69, 9.17) is 10.8 Å². The summed E-state index contributed by atoms with van der Waals surface area (Å²) in [6, 6.07) is 15.7. The number of hydrogen-bond donors (Lipinski definition) is 2. The van der Waals surface area contributed by atoms with Crippen LogP contribution in [0.4, 0.5) is 0 Å². The molecule has 30 heavy (non-hydrogen) atoms. The summed E-state index contributed by atoms with van der Waals surface area (Å²) in [5, 5.41) is 9.58. The number of carboxylic acid groups (broad SMARTS) is 1. The predicted molar refractivity (Wildman–Crippen MR) is 118 cm³/mol. The summed E-state index contributed by atoms with van der Waals surface area (Å²) in [5.41, 5.74) is 8.46. The molecule has 0 aliphatic heterocycles. The zero-order chi connectivity index (χ0) is 21.7. The number of hydrogen-bond acceptors (Lipinski definition) is 4. The lowest BCUT2D eigenvalue weighted by Gasteiger charge is -2.11. The maximum Gasteiger partial charge on any atom is 0.303 e. The fourth-order valence-electron chi connectivity index (χ4n) is 3.63. The van der Waals surface area contributed by atoms with Crippen LogP contribution in [0.15, 0.2) is 53.4 Å². The molecular formula is C23H24N2O4S. The van der Waals surface area contributed by atoms with Crippen LogP contribution in [0.1, 0.15) is 41.4 Å². The molecule has 0 saturated heterocycles. The molecule has 0 spiro atoms. The van der Waals surface area contributed by atoms with Crippen LogP contribution in [0.25, 0.3) is 10.9 Å². The maximum absolute atomic E-state index is 12.8. The fourth-order valence-corrected chi connectivity index (χ4v) is 4.66. The van der Waals surface area contributed by atoms with Gasteiger partial charge in [0.15, 0.2) is 0 Å². The molecule has 0 saturated carbocycles. The van der Waals surface area contributed by atoms with Crippen molar-refractivity contribution in [3.63, 3.8) is 0 Å². The Hall–Kier alpha value is -3.06. The lowest BCUT2D eigenvalue weighted by molar-refractivity contribution is -0.137. The van der Waals surface area contributed by atoms with Gasteiger partial charge in [-0.15, -0.1) is 11.8 Å². The first-order valence-electron chi connectivity index (χ1n) is 9.80. The molecular weight excluding hydrogens is 400 g/mol. The standard InChI is InChI=1S/C23H24N2O4S/c1-2-16-21(22(28)23(24)29)20-17(25(16)14-15-8-4-3-5-9-15)10-6-11-18(20)30-13-7-12-19(26)27/h3-6,8-11H,2,7,12-14H2,1H3,(H2,24,29)(H,26,27). The van der Waals surface area contributed by atoms with E-state index in [-0.39, 0.29) is 6.42 Å². The second-order valence-electron chi connectivity index (χ2n) is 6.94. The number of nitrogens with two attached hydrogens (primary N) is 1. The second kappa shape index (κ2) is 9.63. The monoisotopic (exact) mass is 424 g/mol. The number of carbonyl (C=O) groups is 3. The number of benzene rings is 2. The Balaban J connectivity index is 2.14. The summed E-state index contributed by atoms with van der Waals surface area (Å²) >= 11 is 1.49. The Morgan fingerprint density at radius 1 is 1.07 bits per heavy atom. The molecule has 0 atom stereocenters. The number of fused-ring (bicyclic) bond motifs is 1. The van der Waals surface area contributed by atoms with Crippen molar-refractivity contribution in [2.75, 3.05) is 5.75 Å². The van der Waals surface area contributed by atoms with E-state index in [9.17, 15) is 14.4 Å². The van der Waals surface area contributed by atoms with Gasteiger partial charge in [0.1, 0.15) is 0 Å². The van der Waals surface area contributed by atoms with Crippen molar-refractivity contribution >= 4 is 40.3 Å². The van der Waals surface area contributed by atoms with E-state index in [0.29, 0.717) is 30.7 Å². The quantitative estimate of drug-likeness (QED) is 0.223. The van der Waals surface area contributed by atoms with Crippen LogP contribution >= 0.6 is 11.8 Å². The molecule has 6 nitrogen and oxygen atoms in total. The average molecular weight is 425 g/mol. The van der Waals surface area contributed by atoms with E-state index < -0.39 is 17.7 Å². The summed E-state index contributed by atoms with van der Waals surface area (Å²) in [5.74, 6) is -1.90. The van der Waals surface area contributed by atoms with Gasteiger partial charge in [-0.25, -0.2) is 0 Å². The molecule has 7 heteroatoms. The smallest absolute Gasteiger partial charge is 0.303 e. The topological polar surface area (TPSA) is 102 Å². The number of thioether (sulfide) groups is 1. The third kappa shape index (κ3) is 4.57. The van der Waals surface area contributed by atoms with Crippen LogP contribution in [0.5, 0.6) is 0 Å². The maximum atomic E-state index is 12.8. The normalized spacial score (nSPS) is 11.0. The number of aromatic nitrogens is 1. The minimum atomic E-state index is -0.978. The van der Waals surface area contributed by atoms with Crippen molar-refractivity contribution in [2.24, 2.45) is 5.73 Å². The Morgan fingerprint density at radius 3 is 2.43 bits per heavy atom. The highest BCUT2D eigenvalue weighted by Crippen LogP contribution is 2.36. The summed E-state index contributed by atoms with van der Waals surface area (Å²) in [7, 11) is 0. The van der Waals surface area contributed by atoms with Crippen LogP contribution in [0.2, 0.25) is 0 Å². The van der Waals surface area contributed by atoms with Crippen LogP contribution in [-0.2, 0) is 22.6 Å². The molecule has 1 aromatic heterocycles. The first-order valence-corrected chi connectivity index (χ1v) is 10.8. The molecule has 3 N–H and O–H groups in total. The number of amides is 1. The fraction of sp³-hybridized carbons (Fsp3) is 0.261. The van der Waals surface area contributed by atoms with Crippen LogP contribution in [0.3, 0.4) is 0 Å². The van der Waals surface area contributed by atoms with Gasteiger partial charge in [-0.05, 0) is 36.3 Å². The lowest BCUT2D eigenvalue weighted by Crippen LogP contribution is -2.24. The SMILES string of the molecule is CCc1c(C(=O)C(N)=O)c2c(SCCCC(=O)O)cccc2n1Cc1ccccc1. The van der Waals surface area contributed by atoms with E-state index in [1.807, 2.05) is 55.5 Å². The zero-order valence-electron chi connectivity index (χ0n) is 16.8. The van der Waals surface area contributed by atoms with Crippen LogP contribution in [-0.4, -0.2) is 33.1 Å². The summed E-state index contributed by atoms with van der Waals surface area (Å²) in [6.45, 7) is 2.52. The average Bonchev–Trinajstić information content (AvgIpc) is 3.05. The number of ketones is 1. The van der Waals surface area contributed by atoms with Gasteiger partial charge in [-0.3, -0.25) is 14.4 Å². The van der Waals surface area contributed by atoms with Crippen molar-refractivity contribution in [1.29, 1.82) is 0 Å². The largest absolute Gasteiger partial charge is 0.481 e. The Morgan fingerprint density at radius 2 is 1.80 bits per heavy atom. The number of carbonyl (C=O) groups excluding carboxylic acids is 2. The molecule has 0 aliphatic carbocycles. The van der Waals surface area contributed by atoms with E-state index >= 15 is 0 Å².